The molecule has 3 rings (SSSR count). The molecule has 17 heteroatoms. The molecule has 0 saturated carbocycles. The molecular weight excluding hydrogens is 535 g/mol. The first-order valence-electron chi connectivity index (χ1n) is 9.55. The van der Waals surface area contributed by atoms with Crippen LogP contribution in [0.25, 0.3) is 0 Å². The second-order valence-corrected chi connectivity index (χ2v) is 9.03. The molecule has 0 aromatic carbocycles. The normalized spacial score (nSPS) is 19.5. The molecule has 0 radical (unpaired) electrons. The SMILES string of the molecule is Nc1nc(/C(=N/O)C(=O)NC2C(=O)N3C(C(=O)[O-])=C(/C=C\COC(=O)NCCCl)CS[C@H]23)cs1.[Na+]. The van der Waals surface area contributed by atoms with Crippen LogP contribution < -0.4 is 51.0 Å². The van der Waals surface area contributed by atoms with Gasteiger partial charge in [0.1, 0.15) is 23.7 Å². The van der Waals surface area contributed by atoms with Crippen LogP contribution in [0.15, 0.2) is 34.0 Å². The van der Waals surface area contributed by atoms with E-state index in [2.05, 4.69) is 20.8 Å². The zero-order chi connectivity index (χ0) is 24.8. The number of hydrogen-bond acceptors (Lipinski definition) is 12. The third-order valence-corrected chi connectivity index (χ3v) is 6.72. The van der Waals surface area contributed by atoms with Gasteiger partial charge in [0, 0.05) is 23.6 Å². The Morgan fingerprint density at radius 3 is 2.80 bits per heavy atom. The largest absolute Gasteiger partial charge is 1.00 e. The summed E-state index contributed by atoms with van der Waals surface area (Å²) >= 11 is 7.70. The number of thiazole rings is 1. The standard InChI is InChI=1S/C18H19ClN6O7S2.Na/c19-3-4-21-18(30)32-5-1-2-8-6-33-15-11(14(27)25(15)12(8)16(28)29)23-13(26)10(24-31)9-7-34-17(20)22-9;/h1-2,7,11,15,31H,3-6H2,(H2,20,22)(H,21,30)(H,23,26)(H,28,29);/q;+1/p-1/b2-1-,24-10-;/t11?,15-;/m1./s1. The molecule has 0 bridgehead atoms. The number of aliphatic carboxylic acids is 1. The van der Waals surface area contributed by atoms with Crippen molar-refractivity contribution in [2.45, 2.75) is 11.4 Å². The number of halogens is 1. The average molecular weight is 553 g/mol. The van der Waals surface area contributed by atoms with Gasteiger partial charge in [-0.1, -0.05) is 11.2 Å². The van der Waals surface area contributed by atoms with E-state index < -0.39 is 41.0 Å². The number of amides is 3. The molecular formula is C18H18ClN6NaO7S2. The quantitative estimate of drug-likeness (QED) is 0.0582. The van der Waals surface area contributed by atoms with Gasteiger partial charge in [-0.25, -0.2) is 9.78 Å². The number of nitrogen functional groups attached to an aromatic ring is 1. The van der Waals surface area contributed by atoms with Crippen molar-refractivity contribution >= 4 is 69.4 Å². The number of nitrogens with zero attached hydrogens (tertiary/aromatic N) is 3. The van der Waals surface area contributed by atoms with Crippen LogP contribution in [0.2, 0.25) is 0 Å². The summed E-state index contributed by atoms with van der Waals surface area (Å²) in [6.45, 7) is 0.101. The van der Waals surface area contributed by atoms with Crippen LogP contribution in [0.3, 0.4) is 0 Å². The topological polar surface area (TPSA) is 199 Å². The van der Waals surface area contributed by atoms with Crippen molar-refractivity contribution in [2.75, 3.05) is 30.5 Å². The van der Waals surface area contributed by atoms with Gasteiger partial charge < -0.3 is 36.2 Å². The fraction of sp³-hybridized carbons (Fsp3) is 0.333. The molecule has 0 aliphatic carbocycles. The molecule has 3 heterocycles. The summed E-state index contributed by atoms with van der Waals surface area (Å²) in [5.41, 5.74) is 5.05. The second kappa shape index (κ2) is 13.1. The Hall–Kier alpha value is -2.30. The number of ether oxygens (including phenoxy) is 1. The molecule has 3 amide bonds. The summed E-state index contributed by atoms with van der Waals surface area (Å²) in [5, 5.41) is 29.6. The number of aromatic nitrogens is 1. The van der Waals surface area contributed by atoms with Gasteiger partial charge in [-0.2, -0.15) is 0 Å². The van der Waals surface area contributed by atoms with E-state index in [4.69, 9.17) is 22.1 Å². The Morgan fingerprint density at radius 2 is 2.20 bits per heavy atom. The van der Waals surface area contributed by atoms with Crippen LogP contribution >= 0.6 is 34.7 Å². The van der Waals surface area contributed by atoms with Crippen LogP contribution in [0.5, 0.6) is 0 Å². The summed E-state index contributed by atoms with van der Waals surface area (Å²) in [6, 6.07) is -1.06. The molecule has 2 atom stereocenters. The van der Waals surface area contributed by atoms with Crippen molar-refractivity contribution in [1.29, 1.82) is 0 Å². The molecule has 1 aromatic heterocycles. The number of carbonyl (C=O) groups is 4. The minimum Gasteiger partial charge on any atom is -0.543 e. The zero-order valence-corrected chi connectivity index (χ0v) is 22.6. The second-order valence-electron chi connectivity index (χ2n) is 6.66. The number of β-lactam (4-membered cyclic amide) rings is 1. The van der Waals surface area contributed by atoms with E-state index in [0.717, 1.165) is 16.2 Å². The summed E-state index contributed by atoms with van der Waals surface area (Å²) in [7, 11) is 0. The van der Waals surface area contributed by atoms with E-state index in [9.17, 15) is 29.5 Å². The number of fused-ring (bicyclic) bond motifs is 1. The van der Waals surface area contributed by atoms with E-state index in [1.165, 1.54) is 29.3 Å². The van der Waals surface area contributed by atoms with E-state index in [1.54, 1.807) is 0 Å². The Labute approximate surface area is 234 Å². The summed E-state index contributed by atoms with van der Waals surface area (Å²) in [4.78, 5) is 53.2. The molecule has 35 heavy (non-hydrogen) atoms. The number of thioether (sulfide) groups is 1. The van der Waals surface area contributed by atoms with Crippen LogP contribution in [0.1, 0.15) is 5.69 Å². The fourth-order valence-electron chi connectivity index (χ4n) is 3.09. The molecule has 2 aliphatic rings. The Balaban J connectivity index is 0.00000432. The fourth-order valence-corrected chi connectivity index (χ4v) is 5.05. The van der Waals surface area contributed by atoms with Crippen molar-refractivity contribution < 1.29 is 63.8 Å². The number of alkyl carbamates (subject to hydrolysis) is 1. The van der Waals surface area contributed by atoms with Crippen molar-refractivity contribution in [3.63, 3.8) is 0 Å². The van der Waals surface area contributed by atoms with E-state index in [0.29, 0.717) is 0 Å². The number of oxime groups is 1. The predicted octanol–water partition coefficient (Wildman–Crippen LogP) is -4.17. The number of nitrogens with two attached hydrogens (primary N) is 1. The molecule has 0 spiro atoms. The third-order valence-electron chi connectivity index (χ3n) is 4.55. The Bertz CT molecular complexity index is 1100. The minimum absolute atomic E-state index is 0. The van der Waals surface area contributed by atoms with Crippen LogP contribution in [-0.2, 0) is 19.1 Å². The summed E-state index contributed by atoms with van der Waals surface area (Å²) in [5.74, 6) is -2.71. The summed E-state index contributed by atoms with van der Waals surface area (Å²) < 4.78 is 4.89. The molecule has 5 N–H and O–H groups in total. The van der Waals surface area contributed by atoms with Gasteiger partial charge >= 0.3 is 35.7 Å². The number of allylic oxidation sites excluding steroid dienone is 1. The van der Waals surface area contributed by atoms with Crippen LogP contribution in [-0.4, -0.2) is 80.9 Å². The van der Waals surface area contributed by atoms with E-state index in [1.807, 2.05) is 0 Å². The molecule has 1 aromatic rings. The van der Waals surface area contributed by atoms with Gasteiger partial charge in [0.15, 0.2) is 10.8 Å². The maximum atomic E-state index is 12.7. The first kappa shape index (κ1) is 28.9. The van der Waals surface area contributed by atoms with E-state index >= 15 is 0 Å². The van der Waals surface area contributed by atoms with Gasteiger partial charge in [0.25, 0.3) is 11.8 Å². The Kier molecular flexibility index (Phi) is 10.9. The van der Waals surface area contributed by atoms with Crippen molar-refractivity contribution in [2.24, 2.45) is 5.16 Å². The van der Waals surface area contributed by atoms with Crippen LogP contribution in [0.4, 0.5) is 9.93 Å². The number of nitrogens with one attached hydrogen (secondary N) is 2. The Morgan fingerprint density at radius 1 is 1.46 bits per heavy atom. The molecule has 13 nitrogen and oxygen atoms in total. The smallest absolute Gasteiger partial charge is 0.543 e. The third kappa shape index (κ3) is 6.68. The maximum Gasteiger partial charge on any atom is 1.00 e. The van der Waals surface area contributed by atoms with Crippen LogP contribution in [0, 0.1) is 0 Å². The van der Waals surface area contributed by atoms with Gasteiger partial charge in [0.2, 0.25) is 0 Å². The molecule has 182 valence electrons. The number of alkyl halides is 1. The first-order valence-corrected chi connectivity index (χ1v) is 12.0. The monoisotopic (exact) mass is 552 g/mol. The molecule has 1 fully saturated rings. The van der Waals surface area contributed by atoms with Gasteiger partial charge in [0.05, 0.1) is 11.7 Å². The van der Waals surface area contributed by atoms with Crippen molar-refractivity contribution in [1.82, 2.24) is 20.5 Å². The van der Waals surface area contributed by atoms with Crippen molar-refractivity contribution in [3.8, 4) is 0 Å². The first-order chi connectivity index (χ1) is 16.3. The molecule has 2 aliphatic heterocycles. The predicted molar refractivity (Wildman–Crippen MR) is 121 cm³/mol. The van der Waals surface area contributed by atoms with E-state index in [-0.39, 0.29) is 76.4 Å². The summed E-state index contributed by atoms with van der Waals surface area (Å²) in [6.07, 6.45) is 2.16. The van der Waals surface area contributed by atoms with Gasteiger partial charge in [-0.15, -0.1) is 34.7 Å². The molecule has 1 saturated heterocycles. The van der Waals surface area contributed by atoms with Crippen molar-refractivity contribution in [3.05, 3.63) is 34.5 Å². The number of anilines is 1. The number of rotatable bonds is 9. The number of carboxylic acids is 1. The maximum absolute atomic E-state index is 12.7. The number of carbonyl (C=O) groups excluding carboxylic acids is 4. The number of hydrogen-bond donors (Lipinski definition) is 4. The number of carboxylic acid groups (broad SMARTS) is 1. The minimum atomic E-state index is -1.57. The van der Waals surface area contributed by atoms with Gasteiger partial charge in [-0.05, 0) is 11.6 Å². The zero-order valence-electron chi connectivity index (χ0n) is 18.2. The average Bonchev–Trinajstić information content (AvgIpc) is 3.24. The van der Waals surface area contributed by atoms with Gasteiger partial charge in [-0.3, -0.25) is 14.5 Å². The molecule has 1 unspecified atom stereocenters.